The standard InChI is InChI=1S/C28H36F2N6O2/c1-18-15-19(25(37)32-20-9-5-3-6-10-20)13-14-22(18)33-27-31-16-23-24(34-27)36(21-11-7-4-8-12-21)17-28(29,30)26(38)35(23)2/h13-16,20-21H,3-12,17H2,1-2H3,(H,32,37)(H,31,33,34). The second-order valence-electron chi connectivity index (χ2n) is 10.9. The molecule has 3 aliphatic rings. The lowest BCUT2D eigenvalue weighted by Crippen LogP contribution is -2.49. The lowest BCUT2D eigenvalue weighted by Gasteiger charge is -2.35. The number of aromatic nitrogens is 2. The molecule has 0 bridgehead atoms. The first-order valence-electron chi connectivity index (χ1n) is 13.7. The largest absolute Gasteiger partial charge is 0.349 e. The molecule has 2 fully saturated rings. The minimum Gasteiger partial charge on any atom is -0.349 e. The Hall–Kier alpha value is -3.30. The monoisotopic (exact) mass is 526 g/mol. The van der Waals surface area contributed by atoms with Crippen LogP contribution in [0.2, 0.25) is 0 Å². The second kappa shape index (κ2) is 10.8. The van der Waals surface area contributed by atoms with Gasteiger partial charge in [-0.15, -0.1) is 0 Å². The Kier molecular flexibility index (Phi) is 7.49. The van der Waals surface area contributed by atoms with Crippen LogP contribution in [0.1, 0.15) is 80.1 Å². The van der Waals surface area contributed by atoms with Gasteiger partial charge >= 0.3 is 5.92 Å². The zero-order chi connectivity index (χ0) is 26.9. The summed E-state index contributed by atoms with van der Waals surface area (Å²) < 4.78 is 29.8. The summed E-state index contributed by atoms with van der Waals surface area (Å²) in [5, 5.41) is 6.33. The van der Waals surface area contributed by atoms with Gasteiger partial charge in [0.25, 0.3) is 11.8 Å². The quantitative estimate of drug-likeness (QED) is 0.547. The first-order valence-corrected chi connectivity index (χ1v) is 13.7. The van der Waals surface area contributed by atoms with E-state index in [4.69, 9.17) is 0 Å². The third-order valence-corrected chi connectivity index (χ3v) is 8.06. The van der Waals surface area contributed by atoms with Gasteiger partial charge in [-0.3, -0.25) is 9.59 Å². The molecule has 2 aliphatic carbocycles. The van der Waals surface area contributed by atoms with E-state index in [1.165, 1.54) is 19.7 Å². The van der Waals surface area contributed by atoms with Crippen molar-refractivity contribution in [3.05, 3.63) is 35.5 Å². The fourth-order valence-corrected chi connectivity index (χ4v) is 5.86. The van der Waals surface area contributed by atoms with Gasteiger partial charge in [0, 0.05) is 30.4 Å². The van der Waals surface area contributed by atoms with Crippen LogP contribution < -0.4 is 20.4 Å². The van der Waals surface area contributed by atoms with E-state index in [0.717, 1.165) is 68.3 Å². The molecule has 1 aliphatic heterocycles. The lowest BCUT2D eigenvalue weighted by molar-refractivity contribution is -0.140. The summed E-state index contributed by atoms with van der Waals surface area (Å²) in [5.41, 5.74) is 2.41. The number of aryl methyl sites for hydroxylation is 1. The molecule has 2 aromatic rings. The molecule has 2 heterocycles. The number of fused-ring (bicyclic) bond motifs is 1. The van der Waals surface area contributed by atoms with E-state index < -0.39 is 18.4 Å². The van der Waals surface area contributed by atoms with E-state index in [9.17, 15) is 18.4 Å². The normalized spacial score (nSPS) is 20.6. The van der Waals surface area contributed by atoms with E-state index in [1.54, 1.807) is 11.0 Å². The van der Waals surface area contributed by atoms with Crippen molar-refractivity contribution in [2.45, 2.75) is 89.1 Å². The Morgan fingerprint density at radius 1 is 1.05 bits per heavy atom. The van der Waals surface area contributed by atoms with Crippen LogP contribution in [0.4, 0.5) is 31.9 Å². The fraction of sp³-hybridized carbons (Fsp3) is 0.571. The number of halogens is 2. The molecular formula is C28H36F2N6O2. The number of hydrogen-bond acceptors (Lipinski definition) is 6. The summed E-state index contributed by atoms with van der Waals surface area (Å²) in [6.07, 6.45) is 11.6. The number of carbonyl (C=O) groups excluding carboxylic acids is 2. The average molecular weight is 527 g/mol. The molecule has 204 valence electrons. The van der Waals surface area contributed by atoms with Crippen LogP contribution in [-0.2, 0) is 4.79 Å². The van der Waals surface area contributed by atoms with E-state index in [2.05, 4.69) is 20.6 Å². The average Bonchev–Trinajstić information content (AvgIpc) is 2.99. The minimum absolute atomic E-state index is 0.0791. The third kappa shape index (κ3) is 5.44. The van der Waals surface area contributed by atoms with E-state index in [-0.39, 0.29) is 29.6 Å². The minimum atomic E-state index is -3.52. The van der Waals surface area contributed by atoms with Crippen LogP contribution in [0, 0.1) is 6.92 Å². The van der Waals surface area contributed by atoms with Crippen LogP contribution >= 0.6 is 0 Å². The highest BCUT2D eigenvalue weighted by Crippen LogP contribution is 2.39. The van der Waals surface area contributed by atoms with Crippen molar-refractivity contribution in [1.82, 2.24) is 15.3 Å². The number of alkyl halides is 2. The SMILES string of the molecule is Cc1cc(C(=O)NC2CCCCC2)ccc1Nc1ncc2c(n1)N(C1CCCCC1)CC(F)(F)C(=O)N2C. The molecule has 0 atom stereocenters. The van der Waals surface area contributed by atoms with Crippen molar-refractivity contribution < 1.29 is 18.4 Å². The van der Waals surface area contributed by atoms with Crippen LogP contribution in [-0.4, -0.2) is 53.4 Å². The number of nitrogens with zero attached hydrogens (tertiary/aromatic N) is 4. The molecule has 0 saturated heterocycles. The van der Waals surface area contributed by atoms with Gasteiger partial charge in [-0.05, 0) is 56.4 Å². The summed E-state index contributed by atoms with van der Waals surface area (Å²) in [5.74, 6) is -4.27. The predicted molar refractivity (Wildman–Crippen MR) is 143 cm³/mol. The highest BCUT2D eigenvalue weighted by Gasteiger charge is 2.48. The predicted octanol–water partition coefficient (Wildman–Crippen LogP) is 5.34. The molecule has 5 rings (SSSR count). The smallest absolute Gasteiger partial charge is 0.342 e. The number of amides is 2. The number of hydrogen-bond donors (Lipinski definition) is 2. The molecule has 0 unspecified atom stereocenters. The molecule has 0 spiro atoms. The van der Waals surface area contributed by atoms with Crippen LogP contribution in [0.5, 0.6) is 0 Å². The van der Waals surface area contributed by atoms with Gasteiger partial charge in [0.2, 0.25) is 5.95 Å². The molecule has 2 amide bonds. The van der Waals surface area contributed by atoms with Crippen molar-refractivity contribution in [3.8, 4) is 0 Å². The molecule has 8 nitrogen and oxygen atoms in total. The van der Waals surface area contributed by atoms with Gasteiger partial charge in [0.1, 0.15) is 5.69 Å². The molecule has 38 heavy (non-hydrogen) atoms. The van der Waals surface area contributed by atoms with Crippen molar-refractivity contribution in [1.29, 1.82) is 0 Å². The van der Waals surface area contributed by atoms with Gasteiger partial charge in [0.15, 0.2) is 5.82 Å². The summed E-state index contributed by atoms with van der Waals surface area (Å²) >= 11 is 0. The maximum atomic E-state index is 14.9. The lowest BCUT2D eigenvalue weighted by atomic mass is 9.94. The summed E-state index contributed by atoms with van der Waals surface area (Å²) in [6.45, 7) is 1.19. The Labute approximate surface area is 222 Å². The first-order chi connectivity index (χ1) is 18.2. The van der Waals surface area contributed by atoms with Crippen LogP contribution in [0.15, 0.2) is 24.4 Å². The fourth-order valence-electron chi connectivity index (χ4n) is 5.86. The Morgan fingerprint density at radius 3 is 2.42 bits per heavy atom. The zero-order valence-electron chi connectivity index (χ0n) is 22.1. The van der Waals surface area contributed by atoms with Gasteiger partial charge in [-0.25, -0.2) is 4.98 Å². The number of carbonyl (C=O) groups is 2. The first kappa shape index (κ1) is 26.3. The Bertz CT molecular complexity index is 1190. The maximum Gasteiger partial charge on any atom is 0.342 e. The molecule has 10 heteroatoms. The number of benzene rings is 1. The van der Waals surface area contributed by atoms with Crippen LogP contribution in [0.25, 0.3) is 0 Å². The van der Waals surface area contributed by atoms with Gasteiger partial charge in [0.05, 0.1) is 12.7 Å². The molecule has 1 aromatic carbocycles. The Morgan fingerprint density at radius 2 is 1.74 bits per heavy atom. The topological polar surface area (TPSA) is 90.5 Å². The second-order valence-corrected chi connectivity index (χ2v) is 10.9. The molecule has 2 saturated carbocycles. The van der Waals surface area contributed by atoms with Gasteiger partial charge in [-0.2, -0.15) is 13.8 Å². The van der Waals surface area contributed by atoms with Gasteiger partial charge < -0.3 is 20.4 Å². The highest BCUT2D eigenvalue weighted by atomic mass is 19.3. The van der Waals surface area contributed by atoms with Crippen molar-refractivity contribution in [2.24, 2.45) is 0 Å². The summed E-state index contributed by atoms with van der Waals surface area (Å²) in [4.78, 5) is 36.9. The Balaban J connectivity index is 1.39. The number of anilines is 4. The van der Waals surface area contributed by atoms with Crippen molar-refractivity contribution in [3.63, 3.8) is 0 Å². The van der Waals surface area contributed by atoms with E-state index >= 15 is 0 Å². The van der Waals surface area contributed by atoms with Gasteiger partial charge in [-0.1, -0.05) is 38.5 Å². The zero-order valence-corrected chi connectivity index (χ0v) is 22.1. The number of rotatable bonds is 5. The van der Waals surface area contributed by atoms with Crippen molar-refractivity contribution >= 4 is 35.0 Å². The van der Waals surface area contributed by atoms with E-state index in [0.29, 0.717) is 17.1 Å². The molecule has 2 N–H and O–H groups in total. The highest BCUT2D eigenvalue weighted by molar-refractivity contribution is 6.02. The van der Waals surface area contributed by atoms with Crippen LogP contribution in [0.3, 0.4) is 0 Å². The summed E-state index contributed by atoms with van der Waals surface area (Å²) in [6, 6.07) is 5.51. The summed E-state index contributed by atoms with van der Waals surface area (Å²) in [7, 11) is 1.34. The number of nitrogens with one attached hydrogen (secondary N) is 2. The molecule has 0 radical (unpaired) electrons. The third-order valence-electron chi connectivity index (χ3n) is 8.06. The maximum absolute atomic E-state index is 14.9. The van der Waals surface area contributed by atoms with E-state index in [1.807, 2.05) is 19.1 Å². The molecule has 1 aromatic heterocycles. The van der Waals surface area contributed by atoms with Crippen molar-refractivity contribution in [2.75, 3.05) is 28.7 Å². The molecular weight excluding hydrogens is 490 g/mol.